The van der Waals surface area contributed by atoms with E-state index in [-0.39, 0.29) is 24.5 Å². The fourth-order valence-electron chi connectivity index (χ4n) is 3.24. The van der Waals surface area contributed by atoms with Gasteiger partial charge in [0.2, 0.25) is 0 Å². The Labute approximate surface area is 165 Å². The first-order valence-corrected chi connectivity index (χ1v) is 9.62. The zero-order chi connectivity index (χ0) is 20.1. The Morgan fingerprint density at radius 3 is 2.39 bits per heavy atom. The normalized spacial score (nSPS) is 20.6. The van der Waals surface area contributed by atoms with Crippen molar-refractivity contribution >= 4 is 23.4 Å². The Balaban J connectivity index is 1.87. The number of methoxy groups -OCH3 is 1. The first-order chi connectivity index (χ1) is 13.2. The maximum atomic E-state index is 14.7. The van der Waals surface area contributed by atoms with E-state index in [2.05, 4.69) is 0 Å². The van der Waals surface area contributed by atoms with E-state index in [0.29, 0.717) is 16.6 Å². The van der Waals surface area contributed by atoms with Crippen molar-refractivity contribution < 1.29 is 27.9 Å². The molecule has 2 aromatic rings. The van der Waals surface area contributed by atoms with Gasteiger partial charge in [-0.2, -0.15) is 0 Å². The second kappa shape index (κ2) is 6.90. The summed E-state index contributed by atoms with van der Waals surface area (Å²) in [6, 6.07) is 6.82. The average molecular weight is 388 g/mol. The molecule has 28 heavy (non-hydrogen) atoms. The van der Waals surface area contributed by atoms with Gasteiger partial charge in [0.05, 0.1) is 17.3 Å². The van der Waals surface area contributed by atoms with Crippen LogP contribution in [0.5, 0.6) is 11.5 Å². The summed E-state index contributed by atoms with van der Waals surface area (Å²) in [4.78, 5) is 0. The minimum Gasteiger partial charge on any atom is -0.487 e. The van der Waals surface area contributed by atoms with Crippen LogP contribution in [0.1, 0.15) is 40.5 Å². The maximum Gasteiger partial charge on any atom is 0.495 e. The van der Waals surface area contributed by atoms with E-state index in [0.717, 1.165) is 18.2 Å². The third kappa shape index (κ3) is 3.47. The highest BCUT2D eigenvalue weighted by atomic mass is 19.1. The molecule has 2 aromatic carbocycles. The minimum atomic E-state index is -0.665. The standard InChI is InChI=1S/C21H26BFO5/c1-20(2)21(3,4)28-22(27-20)16-11-15(25-12-24-5)10-13-6-9-17(23)19(18(13)16)26-14-7-8-14/h6,9-11,14H,7-8,12H2,1-5H3. The van der Waals surface area contributed by atoms with Gasteiger partial charge in [0, 0.05) is 12.5 Å². The fraction of sp³-hybridized carbons (Fsp3) is 0.524. The molecular weight excluding hydrogens is 362 g/mol. The Morgan fingerprint density at radius 2 is 1.79 bits per heavy atom. The van der Waals surface area contributed by atoms with Crippen molar-refractivity contribution in [3.8, 4) is 11.5 Å². The lowest BCUT2D eigenvalue weighted by atomic mass is 9.75. The molecule has 0 atom stereocenters. The molecule has 0 N–H and O–H groups in total. The molecule has 1 saturated carbocycles. The lowest BCUT2D eigenvalue weighted by molar-refractivity contribution is 0.00578. The van der Waals surface area contributed by atoms with Crippen molar-refractivity contribution in [1.29, 1.82) is 0 Å². The molecule has 0 amide bonds. The van der Waals surface area contributed by atoms with E-state index in [1.807, 2.05) is 39.8 Å². The van der Waals surface area contributed by atoms with E-state index in [1.165, 1.54) is 6.07 Å². The van der Waals surface area contributed by atoms with Crippen LogP contribution < -0.4 is 14.9 Å². The lowest BCUT2D eigenvalue weighted by Gasteiger charge is -2.32. The van der Waals surface area contributed by atoms with Crippen LogP contribution in [-0.4, -0.2) is 38.3 Å². The highest BCUT2D eigenvalue weighted by Crippen LogP contribution is 2.40. The quantitative estimate of drug-likeness (QED) is 0.557. The predicted molar refractivity (Wildman–Crippen MR) is 106 cm³/mol. The van der Waals surface area contributed by atoms with Crippen LogP contribution in [0.25, 0.3) is 10.8 Å². The number of benzene rings is 2. The molecule has 2 aliphatic rings. The Bertz CT molecular complexity index is 878. The molecule has 5 nitrogen and oxygen atoms in total. The fourth-order valence-corrected chi connectivity index (χ4v) is 3.24. The summed E-state index contributed by atoms with van der Waals surface area (Å²) in [5.41, 5.74) is -0.339. The molecular formula is C21H26BFO5. The molecule has 0 radical (unpaired) electrons. The summed E-state index contributed by atoms with van der Waals surface area (Å²) in [7, 11) is 0.898. The minimum absolute atomic E-state index is 0.0654. The van der Waals surface area contributed by atoms with Gasteiger partial charge in [-0.1, -0.05) is 6.07 Å². The summed E-state index contributed by atoms with van der Waals surface area (Å²) < 4.78 is 43.8. The van der Waals surface area contributed by atoms with Crippen molar-refractivity contribution in [1.82, 2.24) is 0 Å². The van der Waals surface area contributed by atoms with Gasteiger partial charge in [-0.05, 0) is 69.6 Å². The summed E-state index contributed by atoms with van der Waals surface area (Å²) in [6.07, 6.45) is 1.95. The Morgan fingerprint density at radius 1 is 1.11 bits per heavy atom. The lowest BCUT2D eigenvalue weighted by Crippen LogP contribution is -2.41. The summed E-state index contributed by atoms with van der Waals surface area (Å²) in [6.45, 7) is 8.07. The molecule has 0 unspecified atom stereocenters. The zero-order valence-electron chi connectivity index (χ0n) is 17.0. The molecule has 1 heterocycles. The first-order valence-electron chi connectivity index (χ1n) is 9.62. The van der Waals surface area contributed by atoms with Gasteiger partial charge in [-0.3, -0.25) is 0 Å². The SMILES string of the molecule is COCOc1cc(B2OC(C)(C)C(C)(C)O2)c2c(OC3CC3)c(F)ccc2c1. The molecule has 1 aliphatic carbocycles. The van der Waals surface area contributed by atoms with Gasteiger partial charge < -0.3 is 23.5 Å². The van der Waals surface area contributed by atoms with Gasteiger partial charge in [-0.25, -0.2) is 4.39 Å². The third-order valence-electron chi connectivity index (χ3n) is 5.69. The predicted octanol–water partition coefficient (Wildman–Crippen LogP) is 3.80. The summed E-state index contributed by atoms with van der Waals surface area (Å²) in [5.74, 6) is 0.466. The molecule has 0 bridgehead atoms. The van der Waals surface area contributed by atoms with Crippen LogP contribution in [0.4, 0.5) is 4.39 Å². The number of ether oxygens (including phenoxy) is 3. The number of hydrogen-bond donors (Lipinski definition) is 0. The molecule has 2 fully saturated rings. The first kappa shape index (κ1) is 19.5. The van der Waals surface area contributed by atoms with Crippen LogP contribution in [0, 0.1) is 5.82 Å². The highest BCUT2D eigenvalue weighted by Gasteiger charge is 2.52. The van der Waals surface area contributed by atoms with Crippen LogP contribution in [0.2, 0.25) is 0 Å². The molecule has 0 spiro atoms. The largest absolute Gasteiger partial charge is 0.495 e. The third-order valence-corrected chi connectivity index (χ3v) is 5.69. The van der Waals surface area contributed by atoms with E-state index in [4.69, 9.17) is 23.5 Å². The van der Waals surface area contributed by atoms with Crippen LogP contribution in [0.3, 0.4) is 0 Å². The van der Waals surface area contributed by atoms with E-state index in [9.17, 15) is 4.39 Å². The highest BCUT2D eigenvalue weighted by molar-refractivity contribution is 6.65. The van der Waals surface area contributed by atoms with Crippen molar-refractivity contribution in [2.45, 2.75) is 57.8 Å². The van der Waals surface area contributed by atoms with E-state index < -0.39 is 18.3 Å². The van der Waals surface area contributed by atoms with Crippen molar-refractivity contribution in [2.24, 2.45) is 0 Å². The van der Waals surface area contributed by atoms with Gasteiger partial charge in [0.1, 0.15) is 5.75 Å². The smallest absolute Gasteiger partial charge is 0.487 e. The summed E-state index contributed by atoms with van der Waals surface area (Å²) in [5, 5.41) is 1.46. The maximum absolute atomic E-state index is 14.7. The molecule has 150 valence electrons. The van der Waals surface area contributed by atoms with Gasteiger partial charge in [0.15, 0.2) is 18.4 Å². The van der Waals surface area contributed by atoms with Crippen molar-refractivity contribution in [3.63, 3.8) is 0 Å². The van der Waals surface area contributed by atoms with E-state index >= 15 is 0 Å². The van der Waals surface area contributed by atoms with Crippen LogP contribution in [0.15, 0.2) is 24.3 Å². The zero-order valence-corrected chi connectivity index (χ0v) is 17.0. The van der Waals surface area contributed by atoms with Crippen molar-refractivity contribution in [2.75, 3.05) is 13.9 Å². The molecule has 4 rings (SSSR count). The van der Waals surface area contributed by atoms with Crippen LogP contribution >= 0.6 is 0 Å². The van der Waals surface area contributed by atoms with Crippen molar-refractivity contribution in [3.05, 3.63) is 30.1 Å². The second-order valence-electron chi connectivity index (χ2n) is 8.44. The number of rotatable bonds is 6. The molecule has 1 aliphatic heterocycles. The van der Waals surface area contributed by atoms with Gasteiger partial charge in [0.25, 0.3) is 0 Å². The molecule has 1 saturated heterocycles. The van der Waals surface area contributed by atoms with Gasteiger partial charge >= 0.3 is 7.12 Å². The Kier molecular flexibility index (Phi) is 4.80. The van der Waals surface area contributed by atoms with Gasteiger partial charge in [-0.15, -0.1) is 0 Å². The second-order valence-corrected chi connectivity index (χ2v) is 8.44. The monoisotopic (exact) mass is 388 g/mol. The number of halogens is 1. The van der Waals surface area contributed by atoms with Crippen LogP contribution in [-0.2, 0) is 14.0 Å². The Hall–Kier alpha value is -1.83. The van der Waals surface area contributed by atoms with E-state index in [1.54, 1.807) is 13.2 Å². The molecule has 7 heteroatoms. The topological polar surface area (TPSA) is 46.2 Å². The average Bonchev–Trinajstić information content (AvgIpc) is 3.41. The number of hydrogen-bond acceptors (Lipinski definition) is 5. The molecule has 0 aromatic heterocycles. The number of fused-ring (bicyclic) bond motifs is 1. The summed E-state index contributed by atoms with van der Waals surface area (Å²) >= 11 is 0.